The third kappa shape index (κ3) is 4.99. The van der Waals surface area contributed by atoms with E-state index in [1.165, 1.54) is 18.2 Å². The topological polar surface area (TPSA) is 67.6 Å². The second kappa shape index (κ2) is 7.38. The third-order valence-electron chi connectivity index (χ3n) is 3.50. The first-order valence-electron chi connectivity index (χ1n) is 7.16. The van der Waals surface area contributed by atoms with Crippen molar-refractivity contribution in [2.24, 2.45) is 5.92 Å². The summed E-state index contributed by atoms with van der Waals surface area (Å²) in [6.45, 7) is 2.59. The van der Waals surface area contributed by atoms with Gasteiger partial charge in [-0.15, -0.1) is 0 Å². The summed E-state index contributed by atoms with van der Waals surface area (Å²) in [4.78, 5) is 13.9. The Morgan fingerprint density at radius 2 is 2.38 bits per heavy atom. The molecule has 1 aliphatic heterocycles. The van der Waals surface area contributed by atoms with Gasteiger partial charge in [-0.25, -0.2) is 4.39 Å². The summed E-state index contributed by atoms with van der Waals surface area (Å²) in [5.74, 6) is -0.278. The lowest BCUT2D eigenvalue weighted by Crippen LogP contribution is -2.36. The number of nitrogen functional groups attached to an aromatic ring is 1. The molecule has 6 heteroatoms. The lowest BCUT2D eigenvalue weighted by atomic mass is 10.0. The Morgan fingerprint density at radius 3 is 3.10 bits per heavy atom. The minimum Gasteiger partial charge on any atom is -0.399 e. The normalized spacial score (nSPS) is 18.7. The molecule has 2 rings (SSSR count). The standard InChI is InChI=1S/C15H22FN3O2/c1-19(8-11-3-2-6-21-10-11)9-15(20)18-14-7-12(17)4-5-13(14)16/h4-5,7,11H,2-3,6,8-10,17H2,1H3,(H,18,20). The van der Waals surface area contributed by atoms with E-state index < -0.39 is 5.82 Å². The number of likely N-dealkylation sites (N-methyl/N-ethyl adjacent to an activating group) is 1. The molecular formula is C15H22FN3O2. The van der Waals surface area contributed by atoms with Crippen molar-refractivity contribution in [3.63, 3.8) is 0 Å². The molecule has 0 aliphatic carbocycles. The molecule has 1 aliphatic rings. The number of benzene rings is 1. The zero-order valence-electron chi connectivity index (χ0n) is 12.3. The van der Waals surface area contributed by atoms with E-state index in [0.29, 0.717) is 11.6 Å². The van der Waals surface area contributed by atoms with Crippen LogP contribution < -0.4 is 11.1 Å². The largest absolute Gasteiger partial charge is 0.399 e. The first-order chi connectivity index (χ1) is 10.0. The van der Waals surface area contributed by atoms with Crippen molar-refractivity contribution in [2.75, 3.05) is 44.4 Å². The highest BCUT2D eigenvalue weighted by molar-refractivity contribution is 5.92. The van der Waals surface area contributed by atoms with Gasteiger partial charge in [0.05, 0.1) is 18.8 Å². The van der Waals surface area contributed by atoms with Crippen molar-refractivity contribution in [3.8, 4) is 0 Å². The van der Waals surface area contributed by atoms with Crippen molar-refractivity contribution in [1.29, 1.82) is 0 Å². The van der Waals surface area contributed by atoms with Gasteiger partial charge in [-0.05, 0) is 44.0 Å². The number of rotatable bonds is 5. The summed E-state index contributed by atoms with van der Waals surface area (Å²) in [5, 5.41) is 2.55. The minimum atomic E-state index is -0.485. The second-order valence-electron chi connectivity index (χ2n) is 5.57. The van der Waals surface area contributed by atoms with Crippen molar-refractivity contribution < 1.29 is 13.9 Å². The Balaban J connectivity index is 1.81. The number of hydrogen-bond donors (Lipinski definition) is 2. The molecule has 1 atom stereocenters. The van der Waals surface area contributed by atoms with E-state index in [0.717, 1.165) is 32.6 Å². The van der Waals surface area contributed by atoms with E-state index in [-0.39, 0.29) is 18.1 Å². The monoisotopic (exact) mass is 295 g/mol. The molecule has 0 aromatic heterocycles. The van der Waals surface area contributed by atoms with E-state index in [1.54, 1.807) is 0 Å². The molecule has 1 heterocycles. The fourth-order valence-corrected chi connectivity index (χ4v) is 2.53. The zero-order valence-corrected chi connectivity index (χ0v) is 12.3. The molecule has 1 saturated heterocycles. The molecule has 1 unspecified atom stereocenters. The van der Waals surface area contributed by atoms with Crippen LogP contribution in [-0.2, 0) is 9.53 Å². The number of ether oxygens (including phenoxy) is 1. The molecule has 1 amide bonds. The first-order valence-corrected chi connectivity index (χ1v) is 7.16. The van der Waals surface area contributed by atoms with Gasteiger partial charge in [0.2, 0.25) is 5.91 Å². The lowest BCUT2D eigenvalue weighted by Gasteiger charge is -2.26. The highest BCUT2D eigenvalue weighted by Gasteiger charge is 2.17. The summed E-state index contributed by atoms with van der Waals surface area (Å²) in [6.07, 6.45) is 2.19. The SMILES string of the molecule is CN(CC(=O)Nc1cc(N)ccc1F)CC1CCCOC1. The molecule has 0 spiro atoms. The van der Waals surface area contributed by atoms with Crippen LogP contribution >= 0.6 is 0 Å². The van der Waals surface area contributed by atoms with Gasteiger partial charge in [0.15, 0.2) is 0 Å². The zero-order chi connectivity index (χ0) is 15.2. The highest BCUT2D eigenvalue weighted by Crippen LogP contribution is 2.18. The summed E-state index contributed by atoms with van der Waals surface area (Å²) < 4.78 is 19.0. The van der Waals surface area contributed by atoms with E-state index in [1.807, 2.05) is 11.9 Å². The Bertz CT molecular complexity index is 490. The number of halogens is 1. The number of nitrogens with one attached hydrogen (secondary N) is 1. The number of nitrogens with zero attached hydrogens (tertiary/aromatic N) is 1. The van der Waals surface area contributed by atoms with Crippen LogP contribution in [0.4, 0.5) is 15.8 Å². The predicted molar refractivity (Wildman–Crippen MR) is 80.5 cm³/mol. The Labute approximate surface area is 124 Å². The van der Waals surface area contributed by atoms with Crippen LogP contribution in [0.2, 0.25) is 0 Å². The lowest BCUT2D eigenvalue weighted by molar-refractivity contribution is -0.117. The van der Waals surface area contributed by atoms with Crippen molar-refractivity contribution in [3.05, 3.63) is 24.0 Å². The smallest absolute Gasteiger partial charge is 0.238 e. The molecular weight excluding hydrogens is 273 g/mol. The van der Waals surface area contributed by atoms with Crippen molar-refractivity contribution in [1.82, 2.24) is 4.90 Å². The summed E-state index contributed by atoms with van der Waals surface area (Å²) in [7, 11) is 1.88. The van der Waals surface area contributed by atoms with Crippen LogP contribution in [0.1, 0.15) is 12.8 Å². The predicted octanol–water partition coefficient (Wildman–Crippen LogP) is 1.70. The van der Waals surface area contributed by atoms with Crippen LogP contribution in [0.25, 0.3) is 0 Å². The van der Waals surface area contributed by atoms with E-state index in [4.69, 9.17) is 10.5 Å². The number of anilines is 2. The Morgan fingerprint density at radius 1 is 1.57 bits per heavy atom. The fraction of sp³-hybridized carbons (Fsp3) is 0.533. The number of carbonyl (C=O) groups is 1. The molecule has 1 aromatic carbocycles. The van der Waals surface area contributed by atoms with Gasteiger partial charge in [-0.3, -0.25) is 9.69 Å². The summed E-state index contributed by atoms with van der Waals surface area (Å²) >= 11 is 0. The van der Waals surface area contributed by atoms with E-state index in [2.05, 4.69) is 5.32 Å². The average Bonchev–Trinajstić information content (AvgIpc) is 2.43. The molecule has 0 saturated carbocycles. The Kier molecular flexibility index (Phi) is 5.52. The van der Waals surface area contributed by atoms with Gasteiger partial charge in [0.1, 0.15) is 5.82 Å². The average molecular weight is 295 g/mol. The quantitative estimate of drug-likeness (QED) is 0.811. The molecule has 0 bridgehead atoms. The molecule has 3 N–H and O–H groups in total. The van der Waals surface area contributed by atoms with E-state index in [9.17, 15) is 9.18 Å². The van der Waals surface area contributed by atoms with Gasteiger partial charge >= 0.3 is 0 Å². The van der Waals surface area contributed by atoms with Gasteiger partial charge < -0.3 is 15.8 Å². The van der Waals surface area contributed by atoms with E-state index >= 15 is 0 Å². The molecule has 1 fully saturated rings. The number of nitrogens with two attached hydrogens (primary N) is 1. The van der Waals surface area contributed by atoms with Crippen molar-refractivity contribution >= 4 is 17.3 Å². The fourth-order valence-electron chi connectivity index (χ4n) is 2.53. The number of carbonyl (C=O) groups excluding carboxylic acids is 1. The number of amides is 1. The molecule has 21 heavy (non-hydrogen) atoms. The Hall–Kier alpha value is -1.66. The van der Waals surface area contributed by atoms with Gasteiger partial charge in [-0.2, -0.15) is 0 Å². The van der Waals surface area contributed by atoms with Crippen LogP contribution in [0.3, 0.4) is 0 Å². The van der Waals surface area contributed by atoms with Crippen molar-refractivity contribution in [2.45, 2.75) is 12.8 Å². The third-order valence-corrected chi connectivity index (χ3v) is 3.50. The van der Waals surface area contributed by atoms with Crippen LogP contribution in [0.5, 0.6) is 0 Å². The molecule has 5 nitrogen and oxygen atoms in total. The van der Waals surface area contributed by atoms with Crippen LogP contribution in [0.15, 0.2) is 18.2 Å². The highest BCUT2D eigenvalue weighted by atomic mass is 19.1. The maximum Gasteiger partial charge on any atom is 0.238 e. The summed E-state index contributed by atoms with van der Waals surface area (Å²) in [5.41, 5.74) is 6.12. The van der Waals surface area contributed by atoms with Crippen LogP contribution in [0, 0.1) is 11.7 Å². The molecule has 0 radical (unpaired) electrons. The molecule has 1 aromatic rings. The van der Waals surface area contributed by atoms with Gasteiger partial charge in [-0.1, -0.05) is 0 Å². The summed E-state index contributed by atoms with van der Waals surface area (Å²) in [6, 6.07) is 4.12. The molecule has 116 valence electrons. The maximum absolute atomic E-state index is 13.5. The number of hydrogen-bond acceptors (Lipinski definition) is 4. The minimum absolute atomic E-state index is 0.120. The maximum atomic E-state index is 13.5. The van der Waals surface area contributed by atoms with Gasteiger partial charge in [0, 0.05) is 18.8 Å². The van der Waals surface area contributed by atoms with Crippen LogP contribution in [-0.4, -0.2) is 44.2 Å². The van der Waals surface area contributed by atoms with Gasteiger partial charge in [0.25, 0.3) is 0 Å². The first kappa shape index (κ1) is 15.7. The second-order valence-corrected chi connectivity index (χ2v) is 5.57.